The van der Waals surface area contributed by atoms with Gasteiger partial charge in [0, 0.05) is 32.9 Å². The van der Waals surface area contributed by atoms with Gasteiger partial charge in [0.05, 0.1) is 11.4 Å². The topological polar surface area (TPSA) is 38.9 Å². The fourth-order valence-corrected chi connectivity index (χ4v) is 9.63. The van der Waals surface area contributed by atoms with Gasteiger partial charge in [-0.3, -0.25) is 0 Å². The van der Waals surface area contributed by atoms with Crippen LogP contribution in [0.3, 0.4) is 0 Å². The zero-order valence-corrected chi connectivity index (χ0v) is 33.5. The van der Waals surface area contributed by atoms with Crippen molar-refractivity contribution in [3.8, 4) is 67.3 Å². The number of aromatic nitrogens is 2. The summed E-state index contributed by atoms with van der Waals surface area (Å²) in [5.74, 6) is 0.707. The van der Waals surface area contributed by atoms with Gasteiger partial charge in [0.2, 0.25) is 0 Å². The molecule has 2 heterocycles. The van der Waals surface area contributed by atoms with E-state index in [4.69, 9.17) is 14.4 Å². The van der Waals surface area contributed by atoms with Crippen LogP contribution in [0.4, 0.5) is 0 Å². The van der Waals surface area contributed by atoms with Crippen molar-refractivity contribution >= 4 is 32.7 Å². The molecule has 0 saturated carbocycles. The highest BCUT2D eigenvalue weighted by Crippen LogP contribution is 2.55. The van der Waals surface area contributed by atoms with Crippen molar-refractivity contribution in [1.29, 1.82) is 0 Å². The first-order valence-corrected chi connectivity index (χ1v) is 20.9. The normalized spacial score (nSPS) is 14.4. The van der Waals surface area contributed by atoms with Crippen molar-refractivity contribution in [3.05, 3.63) is 229 Å². The standard InChI is InChI=1S/C58H38N2O/c1-58(45-15-6-3-7-16-45)50-20-10-8-18-47(50)56-48(19-12-21-51(56)58)53-36-52(59-57(60-53)39-13-4-2-5-14-39)38-25-23-37(24-26-38)40-27-28-42-34-43(30-29-41(42)33-40)44-31-32-55-49(35-44)46-17-9-11-22-54(46)61-55/h2-36H,1H3. The first-order chi connectivity index (χ1) is 30.1. The molecule has 0 amide bonds. The number of rotatable bonds is 6. The summed E-state index contributed by atoms with van der Waals surface area (Å²) in [6, 6.07) is 75.9. The molecule has 0 aliphatic heterocycles. The van der Waals surface area contributed by atoms with E-state index in [2.05, 4.69) is 189 Å². The molecule has 1 unspecified atom stereocenters. The Labute approximate surface area is 354 Å². The predicted molar refractivity (Wildman–Crippen MR) is 251 cm³/mol. The summed E-state index contributed by atoms with van der Waals surface area (Å²) in [6.45, 7) is 2.36. The van der Waals surface area contributed by atoms with Gasteiger partial charge >= 0.3 is 0 Å². The Morgan fingerprint density at radius 2 is 0.951 bits per heavy atom. The highest BCUT2D eigenvalue weighted by molar-refractivity contribution is 6.06. The smallest absolute Gasteiger partial charge is 0.160 e. The van der Waals surface area contributed by atoms with E-state index in [0.29, 0.717) is 5.82 Å². The molecule has 2 aromatic heterocycles. The van der Waals surface area contributed by atoms with Crippen LogP contribution in [0.5, 0.6) is 0 Å². The summed E-state index contributed by atoms with van der Waals surface area (Å²) in [5, 5.41) is 4.69. The summed E-state index contributed by atoms with van der Waals surface area (Å²) in [4.78, 5) is 10.5. The SMILES string of the molecule is CC1(c2ccccc2)c2ccccc2-c2c(-c3cc(-c4ccc(-c5ccc6cc(-c7ccc8oc9ccccc9c8c7)ccc6c5)cc4)nc(-c4ccccc4)n3)cccc21. The van der Waals surface area contributed by atoms with Crippen molar-refractivity contribution in [1.82, 2.24) is 9.97 Å². The van der Waals surface area contributed by atoms with Crippen LogP contribution >= 0.6 is 0 Å². The maximum atomic E-state index is 6.09. The lowest BCUT2D eigenvalue weighted by molar-refractivity contribution is 0.669. The minimum absolute atomic E-state index is 0.298. The molecule has 0 saturated heterocycles. The molecule has 9 aromatic carbocycles. The largest absolute Gasteiger partial charge is 0.456 e. The van der Waals surface area contributed by atoms with Crippen molar-refractivity contribution in [3.63, 3.8) is 0 Å². The number of furan rings is 1. The zero-order valence-electron chi connectivity index (χ0n) is 33.5. The summed E-state index contributed by atoms with van der Waals surface area (Å²) >= 11 is 0. The Morgan fingerprint density at radius 1 is 0.377 bits per heavy atom. The van der Waals surface area contributed by atoms with Gasteiger partial charge in [0.25, 0.3) is 0 Å². The molecule has 12 rings (SSSR count). The van der Waals surface area contributed by atoms with Crippen LogP contribution in [-0.2, 0) is 5.41 Å². The monoisotopic (exact) mass is 778 g/mol. The molecule has 0 bridgehead atoms. The van der Waals surface area contributed by atoms with Gasteiger partial charge in [0.1, 0.15) is 11.2 Å². The lowest BCUT2D eigenvalue weighted by atomic mass is 9.74. The maximum Gasteiger partial charge on any atom is 0.160 e. The molecule has 286 valence electrons. The Kier molecular flexibility index (Phi) is 7.98. The molecule has 3 nitrogen and oxygen atoms in total. The zero-order chi connectivity index (χ0) is 40.5. The third-order valence-corrected chi connectivity index (χ3v) is 12.8. The molecule has 1 aliphatic carbocycles. The van der Waals surface area contributed by atoms with Crippen LogP contribution in [-0.4, -0.2) is 9.97 Å². The average Bonchev–Trinajstić information content (AvgIpc) is 3.84. The van der Waals surface area contributed by atoms with Crippen LogP contribution in [0.25, 0.3) is 100.0 Å². The van der Waals surface area contributed by atoms with Gasteiger partial charge in [-0.25, -0.2) is 9.97 Å². The molecule has 0 fully saturated rings. The van der Waals surface area contributed by atoms with Gasteiger partial charge in [-0.05, 0) is 104 Å². The summed E-state index contributed by atoms with van der Waals surface area (Å²) in [5.41, 5.74) is 17.5. The van der Waals surface area contributed by atoms with Crippen molar-refractivity contribution in [2.75, 3.05) is 0 Å². The van der Waals surface area contributed by atoms with E-state index in [1.165, 1.54) is 55.3 Å². The lowest BCUT2D eigenvalue weighted by Crippen LogP contribution is -2.22. The van der Waals surface area contributed by atoms with Gasteiger partial charge < -0.3 is 4.42 Å². The van der Waals surface area contributed by atoms with Crippen LogP contribution in [0.15, 0.2) is 217 Å². The van der Waals surface area contributed by atoms with E-state index < -0.39 is 0 Å². The van der Waals surface area contributed by atoms with Crippen LogP contribution < -0.4 is 0 Å². The van der Waals surface area contributed by atoms with E-state index >= 15 is 0 Å². The highest BCUT2D eigenvalue weighted by Gasteiger charge is 2.41. The average molecular weight is 779 g/mol. The second-order valence-corrected chi connectivity index (χ2v) is 16.3. The van der Waals surface area contributed by atoms with E-state index in [-0.39, 0.29) is 5.41 Å². The first kappa shape index (κ1) is 35.1. The van der Waals surface area contributed by atoms with E-state index in [1.54, 1.807) is 0 Å². The molecule has 1 atom stereocenters. The molecule has 61 heavy (non-hydrogen) atoms. The molecule has 0 spiro atoms. The fraction of sp³-hybridized carbons (Fsp3) is 0.0345. The second kappa shape index (κ2) is 13.9. The first-order valence-electron chi connectivity index (χ1n) is 20.9. The van der Waals surface area contributed by atoms with E-state index in [1.807, 2.05) is 30.3 Å². The molecular formula is C58H38N2O. The summed E-state index contributed by atoms with van der Waals surface area (Å²) < 4.78 is 6.09. The lowest BCUT2D eigenvalue weighted by Gasteiger charge is -2.28. The minimum Gasteiger partial charge on any atom is -0.456 e. The molecule has 3 heteroatoms. The minimum atomic E-state index is -0.298. The number of hydrogen-bond donors (Lipinski definition) is 0. The van der Waals surface area contributed by atoms with Gasteiger partial charge in [-0.1, -0.05) is 176 Å². The van der Waals surface area contributed by atoms with Crippen molar-refractivity contribution < 1.29 is 4.42 Å². The Balaban J connectivity index is 0.912. The molecule has 0 radical (unpaired) electrons. The van der Waals surface area contributed by atoms with Crippen LogP contribution in [0, 0.1) is 0 Å². The second-order valence-electron chi connectivity index (χ2n) is 16.3. The highest BCUT2D eigenvalue weighted by atomic mass is 16.3. The quantitative estimate of drug-likeness (QED) is 0.169. The fourth-order valence-electron chi connectivity index (χ4n) is 9.63. The van der Waals surface area contributed by atoms with Gasteiger partial charge in [-0.15, -0.1) is 0 Å². The Bertz CT molecular complexity index is 3480. The van der Waals surface area contributed by atoms with Crippen LogP contribution in [0.1, 0.15) is 23.6 Å². The van der Waals surface area contributed by atoms with Gasteiger partial charge in [0.15, 0.2) is 5.82 Å². The van der Waals surface area contributed by atoms with Crippen LogP contribution in [0.2, 0.25) is 0 Å². The van der Waals surface area contributed by atoms with Crippen molar-refractivity contribution in [2.45, 2.75) is 12.3 Å². The Morgan fingerprint density at radius 3 is 1.75 bits per heavy atom. The number of nitrogens with zero attached hydrogens (tertiary/aromatic N) is 2. The number of fused-ring (bicyclic) bond motifs is 7. The number of hydrogen-bond acceptors (Lipinski definition) is 3. The third kappa shape index (κ3) is 5.73. The molecule has 0 N–H and O–H groups in total. The predicted octanol–water partition coefficient (Wildman–Crippen LogP) is 15.2. The molecule has 1 aliphatic rings. The Hall–Kier alpha value is -7.88. The molecule has 11 aromatic rings. The van der Waals surface area contributed by atoms with E-state index in [9.17, 15) is 0 Å². The summed E-state index contributed by atoms with van der Waals surface area (Å²) in [6.07, 6.45) is 0. The number of para-hydroxylation sites is 1. The maximum absolute atomic E-state index is 6.09. The van der Waals surface area contributed by atoms with E-state index in [0.717, 1.165) is 55.6 Å². The van der Waals surface area contributed by atoms with Crippen molar-refractivity contribution in [2.24, 2.45) is 0 Å². The molecular weight excluding hydrogens is 741 g/mol. The summed E-state index contributed by atoms with van der Waals surface area (Å²) in [7, 11) is 0. The third-order valence-electron chi connectivity index (χ3n) is 12.8. The number of benzene rings is 9. The van der Waals surface area contributed by atoms with Gasteiger partial charge in [-0.2, -0.15) is 0 Å².